The molecule has 0 fully saturated rings. The zero-order chi connectivity index (χ0) is 8.97. The van der Waals surface area contributed by atoms with Crippen molar-refractivity contribution in [3.63, 3.8) is 0 Å². The first kappa shape index (κ1) is 8.73. The average molecular weight is 170 g/mol. The smallest absolute Gasteiger partial charge is 0.290 e. The van der Waals surface area contributed by atoms with Gasteiger partial charge in [0.1, 0.15) is 0 Å². The van der Waals surface area contributed by atoms with Crippen LogP contribution in [0.4, 0.5) is 0 Å². The summed E-state index contributed by atoms with van der Waals surface area (Å²) in [7, 11) is 0. The van der Waals surface area contributed by atoms with E-state index in [4.69, 9.17) is 5.11 Å². The highest BCUT2D eigenvalue weighted by Crippen LogP contribution is 2.04. The molecule has 2 N–H and O–H groups in total. The van der Waals surface area contributed by atoms with E-state index in [1.807, 2.05) is 0 Å². The lowest BCUT2D eigenvalue weighted by molar-refractivity contribution is 0.0907. The van der Waals surface area contributed by atoms with E-state index < -0.39 is 0 Å². The number of nitrogens with one attached hydrogen (secondary N) is 1. The zero-order valence-electron chi connectivity index (χ0n) is 6.70. The molecule has 0 radical (unpaired) electrons. The number of rotatable bonds is 3. The van der Waals surface area contributed by atoms with Crippen LogP contribution in [0.5, 0.6) is 0 Å². The number of aryl methyl sites for hydroxylation is 1. The number of carbonyl (C=O) groups excluding carboxylic acids is 1. The SMILES string of the molecule is Cc1cnoc1C(=O)NCCO. The molecule has 66 valence electrons. The van der Waals surface area contributed by atoms with Crippen LogP contribution in [0.1, 0.15) is 16.1 Å². The van der Waals surface area contributed by atoms with Gasteiger partial charge in [-0.05, 0) is 6.92 Å². The summed E-state index contributed by atoms with van der Waals surface area (Å²) in [6.45, 7) is 1.86. The fourth-order valence-corrected chi connectivity index (χ4v) is 0.759. The molecule has 1 rings (SSSR count). The van der Waals surface area contributed by atoms with Crippen LogP contribution in [0, 0.1) is 6.92 Å². The predicted molar refractivity (Wildman–Crippen MR) is 40.7 cm³/mol. The van der Waals surface area contributed by atoms with Crippen LogP contribution in [0.15, 0.2) is 10.7 Å². The van der Waals surface area contributed by atoms with E-state index >= 15 is 0 Å². The molecule has 0 atom stereocenters. The van der Waals surface area contributed by atoms with Crippen molar-refractivity contribution in [3.05, 3.63) is 17.5 Å². The molecule has 1 amide bonds. The molecule has 5 heteroatoms. The highest BCUT2D eigenvalue weighted by atomic mass is 16.5. The summed E-state index contributed by atoms with van der Waals surface area (Å²) >= 11 is 0. The number of aromatic nitrogens is 1. The molecule has 1 aromatic rings. The summed E-state index contributed by atoms with van der Waals surface area (Å²) in [6, 6.07) is 0. The molecule has 1 heterocycles. The normalized spacial score (nSPS) is 9.83. The Hall–Kier alpha value is -1.36. The van der Waals surface area contributed by atoms with Crippen molar-refractivity contribution in [1.29, 1.82) is 0 Å². The summed E-state index contributed by atoms with van der Waals surface area (Å²) in [6.07, 6.45) is 1.47. The molecule has 0 aliphatic heterocycles. The van der Waals surface area contributed by atoms with Gasteiger partial charge in [0.25, 0.3) is 5.91 Å². The summed E-state index contributed by atoms with van der Waals surface area (Å²) in [5.41, 5.74) is 0.686. The van der Waals surface area contributed by atoms with Gasteiger partial charge in [-0.1, -0.05) is 5.16 Å². The van der Waals surface area contributed by atoms with Gasteiger partial charge in [-0.2, -0.15) is 0 Å². The maximum absolute atomic E-state index is 11.1. The minimum absolute atomic E-state index is 0.0844. The van der Waals surface area contributed by atoms with E-state index in [9.17, 15) is 4.79 Å². The molecule has 5 nitrogen and oxygen atoms in total. The molecule has 0 aromatic carbocycles. The van der Waals surface area contributed by atoms with Crippen LogP contribution in [-0.2, 0) is 0 Å². The number of hydrogen-bond acceptors (Lipinski definition) is 4. The summed E-state index contributed by atoms with van der Waals surface area (Å²) in [5.74, 6) is -0.150. The Labute approximate surface area is 69.4 Å². The first-order chi connectivity index (χ1) is 5.75. The van der Waals surface area contributed by atoms with Crippen LogP contribution in [0.2, 0.25) is 0 Å². The van der Waals surface area contributed by atoms with Crippen molar-refractivity contribution in [2.75, 3.05) is 13.2 Å². The first-order valence-electron chi connectivity index (χ1n) is 3.56. The van der Waals surface area contributed by atoms with Crippen molar-refractivity contribution >= 4 is 5.91 Å². The van der Waals surface area contributed by atoms with Gasteiger partial charge < -0.3 is 14.9 Å². The Morgan fingerprint density at radius 1 is 1.83 bits per heavy atom. The van der Waals surface area contributed by atoms with Crippen LogP contribution in [0.25, 0.3) is 0 Å². The highest BCUT2D eigenvalue weighted by molar-refractivity contribution is 5.92. The molecule has 0 aliphatic carbocycles. The Morgan fingerprint density at radius 2 is 2.58 bits per heavy atom. The third kappa shape index (κ3) is 1.82. The van der Waals surface area contributed by atoms with E-state index in [2.05, 4.69) is 15.0 Å². The van der Waals surface area contributed by atoms with Gasteiger partial charge >= 0.3 is 0 Å². The van der Waals surface area contributed by atoms with Gasteiger partial charge in [0.05, 0.1) is 12.8 Å². The summed E-state index contributed by atoms with van der Waals surface area (Å²) in [4.78, 5) is 11.1. The Bertz CT molecular complexity index is 269. The van der Waals surface area contributed by atoms with Crippen molar-refractivity contribution < 1.29 is 14.4 Å². The molecule has 0 saturated heterocycles. The van der Waals surface area contributed by atoms with Crippen LogP contribution >= 0.6 is 0 Å². The molecular formula is C7H10N2O3. The zero-order valence-corrected chi connectivity index (χ0v) is 6.70. The number of aliphatic hydroxyl groups excluding tert-OH is 1. The van der Waals surface area contributed by atoms with Crippen molar-refractivity contribution in [2.24, 2.45) is 0 Å². The third-order valence-electron chi connectivity index (χ3n) is 1.35. The molecule has 0 aliphatic rings. The maximum Gasteiger partial charge on any atom is 0.290 e. The van der Waals surface area contributed by atoms with E-state index in [1.54, 1.807) is 6.92 Å². The molecular weight excluding hydrogens is 160 g/mol. The van der Waals surface area contributed by atoms with E-state index in [1.165, 1.54) is 6.20 Å². The molecule has 1 aromatic heterocycles. The molecule has 0 spiro atoms. The fraction of sp³-hybridized carbons (Fsp3) is 0.429. The Balaban J connectivity index is 2.59. The molecule has 12 heavy (non-hydrogen) atoms. The second-order valence-corrected chi connectivity index (χ2v) is 2.32. The number of carbonyl (C=O) groups is 1. The van der Waals surface area contributed by atoms with E-state index in [-0.39, 0.29) is 24.8 Å². The van der Waals surface area contributed by atoms with Gasteiger partial charge in [-0.3, -0.25) is 4.79 Å². The molecule has 0 saturated carbocycles. The lowest BCUT2D eigenvalue weighted by Crippen LogP contribution is -2.26. The number of aliphatic hydroxyl groups is 1. The predicted octanol–water partition coefficient (Wildman–Crippen LogP) is -0.295. The highest BCUT2D eigenvalue weighted by Gasteiger charge is 2.12. The summed E-state index contributed by atoms with van der Waals surface area (Å²) in [5, 5.41) is 14.3. The monoisotopic (exact) mass is 170 g/mol. The average Bonchev–Trinajstić information content (AvgIpc) is 2.47. The van der Waals surface area contributed by atoms with Gasteiger partial charge in [-0.25, -0.2) is 0 Å². The van der Waals surface area contributed by atoms with Gasteiger partial charge in [0.2, 0.25) is 5.76 Å². The minimum atomic E-state index is -0.348. The standard InChI is InChI=1S/C7H10N2O3/c1-5-4-9-12-6(5)7(11)8-2-3-10/h4,10H,2-3H2,1H3,(H,8,11). The molecule has 0 bridgehead atoms. The van der Waals surface area contributed by atoms with Crippen LogP contribution < -0.4 is 5.32 Å². The second kappa shape index (κ2) is 3.87. The lowest BCUT2D eigenvalue weighted by atomic mass is 10.3. The van der Waals surface area contributed by atoms with Crippen molar-refractivity contribution in [2.45, 2.75) is 6.92 Å². The Kier molecular flexibility index (Phi) is 2.82. The number of hydrogen-bond donors (Lipinski definition) is 2. The Morgan fingerprint density at radius 3 is 3.08 bits per heavy atom. The van der Waals surface area contributed by atoms with Gasteiger partial charge in [-0.15, -0.1) is 0 Å². The number of nitrogens with zero attached hydrogens (tertiary/aromatic N) is 1. The third-order valence-corrected chi connectivity index (χ3v) is 1.35. The van der Waals surface area contributed by atoms with Crippen molar-refractivity contribution in [1.82, 2.24) is 10.5 Å². The molecule has 0 unspecified atom stereocenters. The van der Waals surface area contributed by atoms with E-state index in [0.29, 0.717) is 5.56 Å². The van der Waals surface area contributed by atoms with Crippen molar-refractivity contribution in [3.8, 4) is 0 Å². The maximum atomic E-state index is 11.1. The fourth-order valence-electron chi connectivity index (χ4n) is 0.759. The summed E-state index contributed by atoms with van der Waals surface area (Å²) < 4.78 is 4.68. The second-order valence-electron chi connectivity index (χ2n) is 2.32. The van der Waals surface area contributed by atoms with Crippen LogP contribution in [0.3, 0.4) is 0 Å². The van der Waals surface area contributed by atoms with Crippen LogP contribution in [-0.4, -0.2) is 29.3 Å². The number of amides is 1. The van der Waals surface area contributed by atoms with E-state index in [0.717, 1.165) is 0 Å². The minimum Gasteiger partial charge on any atom is -0.395 e. The quantitative estimate of drug-likeness (QED) is 0.653. The largest absolute Gasteiger partial charge is 0.395 e. The van der Waals surface area contributed by atoms with Gasteiger partial charge in [0, 0.05) is 12.1 Å². The lowest BCUT2D eigenvalue weighted by Gasteiger charge is -1.98. The topological polar surface area (TPSA) is 75.4 Å². The van der Waals surface area contributed by atoms with Gasteiger partial charge in [0.15, 0.2) is 0 Å². The first-order valence-corrected chi connectivity index (χ1v) is 3.56.